The van der Waals surface area contributed by atoms with Crippen LogP contribution in [0.25, 0.3) is 10.4 Å². The summed E-state index contributed by atoms with van der Waals surface area (Å²) in [6.07, 6.45) is 0.362. The number of anilines is 1. The highest BCUT2D eigenvalue weighted by atomic mass is 32.1. The summed E-state index contributed by atoms with van der Waals surface area (Å²) in [7, 11) is 0. The van der Waals surface area contributed by atoms with E-state index in [-0.39, 0.29) is 27.9 Å². The van der Waals surface area contributed by atoms with Gasteiger partial charge in [-0.1, -0.05) is 24.3 Å². The van der Waals surface area contributed by atoms with Crippen LogP contribution in [0.5, 0.6) is 11.5 Å². The SMILES string of the molecule is Cc1c(-c2cccc(OC(C(=O)Nc3ccccc3[N+](=O)[O-])C3CCNCC3)c2)sc(C(=O)O)c1OCC(=O)O. The summed E-state index contributed by atoms with van der Waals surface area (Å²) in [5.74, 6) is -2.83. The van der Waals surface area contributed by atoms with E-state index in [0.29, 0.717) is 47.7 Å². The number of nitrogens with zero attached hydrogens (tertiary/aromatic N) is 1. The highest BCUT2D eigenvalue weighted by Gasteiger charge is 2.33. The smallest absolute Gasteiger partial charge is 0.349 e. The zero-order valence-electron chi connectivity index (χ0n) is 21.4. The van der Waals surface area contributed by atoms with Crippen LogP contribution in [-0.4, -0.2) is 58.8 Å². The van der Waals surface area contributed by atoms with Crippen LogP contribution >= 0.6 is 11.3 Å². The second-order valence-corrected chi connectivity index (χ2v) is 10.1. The molecule has 0 bridgehead atoms. The fourth-order valence-electron chi connectivity index (χ4n) is 4.53. The molecule has 1 aliphatic rings. The topological polar surface area (TPSA) is 177 Å². The third kappa shape index (κ3) is 6.55. The van der Waals surface area contributed by atoms with E-state index in [1.165, 1.54) is 18.2 Å². The van der Waals surface area contributed by atoms with Crippen molar-refractivity contribution in [2.75, 3.05) is 25.0 Å². The number of nitro groups is 1. The molecular formula is C27H27N3O9S. The summed E-state index contributed by atoms with van der Waals surface area (Å²) in [6, 6.07) is 12.6. The molecule has 0 radical (unpaired) electrons. The van der Waals surface area contributed by atoms with E-state index in [9.17, 15) is 29.6 Å². The third-order valence-corrected chi connectivity index (χ3v) is 7.72. The molecule has 2 heterocycles. The van der Waals surface area contributed by atoms with E-state index in [0.717, 1.165) is 11.3 Å². The van der Waals surface area contributed by atoms with E-state index in [1.807, 2.05) is 0 Å². The number of carboxylic acid groups (broad SMARTS) is 2. The molecule has 1 unspecified atom stereocenters. The maximum atomic E-state index is 13.4. The largest absolute Gasteiger partial charge is 0.480 e. The molecule has 1 aromatic heterocycles. The first-order valence-corrected chi connectivity index (χ1v) is 13.2. The molecule has 4 rings (SSSR count). The predicted molar refractivity (Wildman–Crippen MR) is 146 cm³/mol. The first-order chi connectivity index (χ1) is 19.2. The molecule has 0 saturated carbocycles. The summed E-state index contributed by atoms with van der Waals surface area (Å²) in [5, 5.41) is 36.0. The first-order valence-electron chi connectivity index (χ1n) is 12.4. The number of amides is 1. The average molecular weight is 570 g/mol. The van der Waals surface area contributed by atoms with E-state index in [2.05, 4.69) is 10.6 Å². The van der Waals surface area contributed by atoms with E-state index in [1.54, 1.807) is 37.3 Å². The van der Waals surface area contributed by atoms with Gasteiger partial charge >= 0.3 is 11.9 Å². The molecule has 12 nitrogen and oxygen atoms in total. The minimum absolute atomic E-state index is 0.0161. The van der Waals surface area contributed by atoms with Crippen molar-refractivity contribution in [1.29, 1.82) is 0 Å². The Bertz CT molecular complexity index is 1430. The lowest BCUT2D eigenvalue weighted by Crippen LogP contribution is -2.44. The number of carbonyl (C=O) groups is 3. The maximum Gasteiger partial charge on any atom is 0.349 e. The van der Waals surface area contributed by atoms with Gasteiger partial charge in [-0.15, -0.1) is 11.3 Å². The molecule has 1 atom stereocenters. The predicted octanol–water partition coefficient (Wildman–Crippen LogP) is 4.18. The van der Waals surface area contributed by atoms with Crippen molar-refractivity contribution in [2.45, 2.75) is 25.9 Å². The number of aromatic carboxylic acids is 1. The van der Waals surface area contributed by atoms with Crippen LogP contribution in [0.3, 0.4) is 0 Å². The Hall–Kier alpha value is -4.49. The van der Waals surface area contributed by atoms with E-state index < -0.39 is 35.5 Å². The Kier molecular flexibility index (Phi) is 8.97. The second kappa shape index (κ2) is 12.6. The number of nitrogens with one attached hydrogen (secondary N) is 2. The highest BCUT2D eigenvalue weighted by Crippen LogP contribution is 2.42. The number of hydrogen-bond acceptors (Lipinski definition) is 9. The van der Waals surface area contributed by atoms with Gasteiger partial charge in [0.2, 0.25) is 0 Å². The second-order valence-electron chi connectivity index (χ2n) is 9.12. The lowest BCUT2D eigenvalue weighted by atomic mass is 9.91. The quantitative estimate of drug-likeness (QED) is 0.193. The number of carbonyl (C=O) groups excluding carboxylic acids is 1. The minimum atomic E-state index is -1.25. The van der Waals surface area contributed by atoms with Gasteiger partial charge in [0.05, 0.1) is 4.92 Å². The summed E-state index contributed by atoms with van der Waals surface area (Å²) in [6.45, 7) is 2.33. The van der Waals surface area contributed by atoms with E-state index in [4.69, 9.17) is 14.6 Å². The van der Waals surface area contributed by atoms with Gasteiger partial charge in [-0.3, -0.25) is 14.9 Å². The van der Waals surface area contributed by atoms with Gasteiger partial charge in [-0.05, 0) is 56.6 Å². The van der Waals surface area contributed by atoms with Crippen molar-refractivity contribution >= 4 is 40.6 Å². The zero-order chi connectivity index (χ0) is 28.8. The summed E-state index contributed by atoms with van der Waals surface area (Å²) >= 11 is 0.943. The molecular weight excluding hydrogens is 542 g/mol. The Balaban J connectivity index is 1.64. The Labute approximate surface area is 232 Å². The summed E-state index contributed by atoms with van der Waals surface area (Å²) in [5.41, 5.74) is 0.893. The molecule has 0 spiro atoms. The molecule has 210 valence electrons. The number of thiophene rings is 1. The molecule has 1 saturated heterocycles. The van der Waals surface area contributed by atoms with Gasteiger partial charge in [0.25, 0.3) is 11.6 Å². The normalized spacial score (nSPS) is 14.2. The van der Waals surface area contributed by atoms with Crippen molar-refractivity contribution in [3.63, 3.8) is 0 Å². The van der Waals surface area contributed by atoms with Crippen LogP contribution in [0.2, 0.25) is 0 Å². The molecule has 3 aromatic rings. The monoisotopic (exact) mass is 569 g/mol. The molecule has 40 heavy (non-hydrogen) atoms. The molecule has 13 heteroatoms. The van der Waals surface area contributed by atoms with Crippen LogP contribution in [0.15, 0.2) is 48.5 Å². The number of aliphatic carboxylic acids is 1. The van der Waals surface area contributed by atoms with Crippen molar-refractivity contribution in [3.8, 4) is 21.9 Å². The van der Waals surface area contributed by atoms with Gasteiger partial charge in [0, 0.05) is 22.4 Å². The Morgan fingerprint density at radius 2 is 1.88 bits per heavy atom. The van der Waals surface area contributed by atoms with Crippen molar-refractivity contribution in [3.05, 3.63) is 69.1 Å². The molecule has 1 fully saturated rings. The lowest BCUT2D eigenvalue weighted by molar-refractivity contribution is -0.383. The fraction of sp³-hybridized carbons (Fsp3) is 0.296. The van der Waals surface area contributed by atoms with Gasteiger partial charge in [0.15, 0.2) is 17.6 Å². The Morgan fingerprint density at radius 3 is 2.55 bits per heavy atom. The molecule has 0 aliphatic carbocycles. The van der Waals surface area contributed by atoms with Crippen molar-refractivity contribution < 1.29 is 39.0 Å². The number of piperidine rings is 1. The molecule has 2 aromatic carbocycles. The van der Waals surface area contributed by atoms with Crippen molar-refractivity contribution in [2.24, 2.45) is 5.92 Å². The van der Waals surface area contributed by atoms with Gasteiger partial charge in [-0.25, -0.2) is 9.59 Å². The molecule has 1 aliphatic heterocycles. The van der Waals surface area contributed by atoms with E-state index >= 15 is 0 Å². The number of carboxylic acids is 2. The lowest BCUT2D eigenvalue weighted by Gasteiger charge is -2.30. The van der Waals surface area contributed by atoms with Gasteiger partial charge in [-0.2, -0.15) is 0 Å². The number of ether oxygens (including phenoxy) is 2. The number of rotatable bonds is 11. The minimum Gasteiger partial charge on any atom is -0.480 e. The van der Waals surface area contributed by atoms with Crippen LogP contribution in [0, 0.1) is 23.0 Å². The molecule has 1 amide bonds. The Morgan fingerprint density at radius 1 is 1.15 bits per heavy atom. The molecule has 4 N–H and O–H groups in total. The third-order valence-electron chi connectivity index (χ3n) is 6.41. The zero-order valence-corrected chi connectivity index (χ0v) is 22.2. The summed E-state index contributed by atoms with van der Waals surface area (Å²) < 4.78 is 11.5. The number of nitro benzene ring substituents is 1. The summed E-state index contributed by atoms with van der Waals surface area (Å²) in [4.78, 5) is 47.5. The standard InChI is InChI=1S/C27H27N3O9S/c1-15-22(38-14-21(31)32)25(27(34)35)40-24(15)17-5-4-6-18(13-17)39-23(16-9-11-28-12-10-16)26(33)29-19-7-2-3-8-20(19)30(36)37/h2-8,13,16,23,28H,9-12,14H2,1H3,(H,29,33)(H,31,32)(H,34,35). The average Bonchev–Trinajstić information content (AvgIpc) is 3.27. The van der Waals surface area contributed by atoms with Crippen LogP contribution in [-0.2, 0) is 9.59 Å². The number of hydrogen-bond donors (Lipinski definition) is 4. The van der Waals surface area contributed by atoms with Crippen LogP contribution in [0.1, 0.15) is 28.1 Å². The number of benzene rings is 2. The first kappa shape index (κ1) is 28.5. The maximum absolute atomic E-state index is 13.4. The van der Waals surface area contributed by atoms with Gasteiger partial charge in [0.1, 0.15) is 17.2 Å². The van der Waals surface area contributed by atoms with Crippen molar-refractivity contribution in [1.82, 2.24) is 5.32 Å². The van der Waals surface area contributed by atoms with Crippen LogP contribution < -0.4 is 20.1 Å². The highest BCUT2D eigenvalue weighted by molar-refractivity contribution is 7.18. The fourth-order valence-corrected chi connectivity index (χ4v) is 5.62. The van der Waals surface area contributed by atoms with Gasteiger partial charge < -0.3 is 30.3 Å². The number of para-hydroxylation sites is 2. The van der Waals surface area contributed by atoms with Crippen LogP contribution in [0.4, 0.5) is 11.4 Å².